The second-order valence-corrected chi connectivity index (χ2v) is 6.86. The van der Waals surface area contributed by atoms with E-state index >= 15 is 0 Å². The minimum atomic E-state index is -5.52. The van der Waals surface area contributed by atoms with Crippen molar-refractivity contribution in [3.8, 4) is 0 Å². The van der Waals surface area contributed by atoms with Crippen LogP contribution in [0.3, 0.4) is 0 Å². The molecule has 0 saturated heterocycles. The van der Waals surface area contributed by atoms with Gasteiger partial charge in [-0.05, 0) is 12.1 Å². The Hall–Kier alpha value is -1.85. The van der Waals surface area contributed by atoms with Crippen LogP contribution in [-0.4, -0.2) is 31.4 Å². The quantitative estimate of drug-likeness (QED) is 0.794. The van der Waals surface area contributed by atoms with Crippen LogP contribution in [0.4, 0.5) is 30.7 Å². The summed E-state index contributed by atoms with van der Waals surface area (Å²) in [6, 6.07) is 0.960. The van der Waals surface area contributed by atoms with Gasteiger partial charge in [0.25, 0.3) is 0 Å². The molecule has 0 aromatic heterocycles. The molecule has 4 nitrogen and oxygen atoms in total. The smallest absolute Gasteiger partial charge is 0.416 e. The lowest BCUT2D eigenvalue weighted by molar-refractivity contribution is -0.146. The zero-order valence-electron chi connectivity index (χ0n) is 11.4. The van der Waals surface area contributed by atoms with Crippen molar-refractivity contribution >= 4 is 15.8 Å². The van der Waals surface area contributed by atoms with Crippen LogP contribution in [0.2, 0.25) is 0 Å². The number of sulfone groups is 1. The highest BCUT2D eigenvalue weighted by molar-refractivity contribution is 7.92. The summed E-state index contributed by atoms with van der Waals surface area (Å²) < 4.78 is 112. The Bertz CT molecular complexity index is 706. The van der Waals surface area contributed by atoms with E-state index in [9.17, 15) is 43.9 Å². The van der Waals surface area contributed by atoms with E-state index < -0.39 is 56.5 Å². The molecular formula is C12H9F7O4S. The molecular weight excluding hydrogens is 373 g/mol. The monoisotopic (exact) mass is 382 g/mol. The third-order valence-electron chi connectivity index (χ3n) is 2.94. The molecule has 1 unspecified atom stereocenters. The van der Waals surface area contributed by atoms with Crippen LogP contribution in [0, 0.1) is 0 Å². The summed E-state index contributed by atoms with van der Waals surface area (Å²) in [5, 5.41) is 4.52. The zero-order chi connectivity index (χ0) is 19.0. The van der Waals surface area contributed by atoms with Gasteiger partial charge in [0, 0.05) is 5.56 Å². The Kier molecular flexibility index (Phi) is 5.24. The minimum absolute atomic E-state index is 0.228. The van der Waals surface area contributed by atoms with Gasteiger partial charge in [0.05, 0.1) is 17.7 Å². The standard InChI is InChI=1S/C12H9F7O4S/c13-10(14,15)5-6-24(22,23)11(16,9(20)21)7-1-3-8(4-2-7)12(17,18)19/h1-4H,5-6H2,(H,20,21). The predicted octanol–water partition coefficient (Wildman–Crippen LogP) is 3.28. The van der Waals surface area contributed by atoms with Gasteiger partial charge in [-0.15, -0.1) is 0 Å². The van der Waals surface area contributed by atoms with E-state index in [-0.39, 0.29) is 24.3 Å². The third-order valence-corrected chi connectivity index (χ3v) is 4.95. The SMILES string of the molecule is O=C(O)C(F)(c1ccc(C(F)(F)F)cc1)S(=O)(=O)CCC(F)(F)F. The highest BCUT2D eigenvalue weighted by Crippen LogP contribution is 2.37. The number of rotatable bonds is 5. The van der Waals surface area contributed by atoms with Crippen molar-refractivity contribution in [2.75, 3.05) is 5.75 Å². The summed E-state index contributed by atoms with van der Waals surface area (Å²) in [4.78, 5) is 11.0. The number of alkyl halides is 7. The zero-order valence-corrected chi connectivity index (χ0v) is 12.3. The van der Waals surface area contributed by atoms with E-state index in [1.807, 2.05) is 0 Å². The number of carboxylic acid groups (broad SMARTS) is 1. The number of hydrogen-bond acceptors (Lipinski definition) is 3. The van der Waals surface area contributed by atoms with Gasteiger partial charge >= 0.3 is 23.3 Å². The van der Waals surface area contributed by atoms with Crippen molar-refractivity contribution in [1.29, 1.82) is 0 Å². The summed E-state index contributed by atoms with van der Waals surface area (Å²) in [5.41, 5.74) is -2.54. The van der Waals surface area contributed by atoms with Gasteiger partial charge in [0.15, 0.2) is 0 Å². The molecule has 0 aliphatic rings. The van der Waals surface area contributed by atoms with Gasteiger partial charge in [0.1, 0.15) is 0 Å². The highest BCUT2D eigenvalue weighted by atomic mass is 32.2. The molecule has 0 bridgehead atoms. The summed E-state index contributed by atoms with van der Waals surface area (Å²) in [5.74, 6) is -4.52. The molecule has 12 heteroatoms. The second kappa shape index (κ2) is 6.22. The van der Waals surface area contributed by atoms with Gasteiger partial charge < -0.3 is 5.11 Å². The summed E-state index contributed by atoms with van der Waals surface area (Å²) in [6.45, 7) is 0. The van der Waals surface area contributed by atoms with Crippen LogP contribution >= 0.6 is 0 Å². The fourth-order valence-electron chi connectivity index (χ4n) is 1.70. The molecule has 24 heavy (non-hydrogen) atoms. The normalized spacial score (nSPS) is 15.8. The number of hydrogen-bond donors (Lipinski definition) is 1. The van der Waals surface area contributed by atoms with Crippen LogP contribution in [0.5, 0.6) is 0 Å². The van der Waals surface area contributed by atoms with Gasteiger partial charge in [0.2, 0.25) is 9.84 Å². The molecule has 0 fully saturated rings. The number of aliphatic carboxylic acids is 1. The van der Waals surface area contributed by atoms with Crippen LogP contribution in [0.25, 0.3) is 0 Å². The number of benzene rings is 1. The molecule has 1 aromatic rings. The summed E-state index contributed by atoms with van der Waals surface area (Å²) >= 11 is 0. The first-order valence-electron chi connectivity index (χ1n) is 6.00. The Morgan fingerprint density at radius 1 is 0.917 bits per heavy atom. The number of carbonyl (C=O) groups is 1. The molecule has 1 atom stereocenters. The first-order chi connectivity index (χ1) is 10.6. The molecule has 1 aromatic carbocycles. The second-order valence-electron chi connectivity index (χ2n) is 4.66. The maximum Gasteiger partial charge on any atom is 0.416 e. The number of carboxylic acids is 1. The average molecular weight is 382 g/mol. The van der Waals surface area contributed by atoms with Crippen molar-refractivity contribution in [2.45, 2.75) is 23.8 Å². The summed E-state index contributed by atoms with van der Waals surface area (Å²) in [6.07, 6.45) is -11.8. The third kappa shape index (κ3) is 4.16. The van der Waals surface area contributed by atoms with Crippen LogP contribution in [0.15, 0.2) is 24.3 Å². The van der Waals surface area contributed by atoms with Gasteiger partial charge in [-0.1, -0.05) is 12.1 Å². The van der Waals surface area contributed by atoms with Gasteiger partial charge in [-0.25, -0.2) is 17.6 Å². The Morgan fingerprint density at radius 3 is 1.67 bits per heavy atom. The minimum Gasteiger partial charge on any atom is -0.478 e. The van der Waals surface area contributed by atoms with E-state index in [0.717, 1.165) is 0 Å². The van der Waals surface area contributed by atoms with E-state index in [2.05, 4.69) is 0 Å². The van der Waals surface area contributed by atoms with Crippen molar-refractivity contribution < 1.29 is 49.1 Å². The Balaban J connectivity index is 3.33. The maximum absolute atomic E-state index is 14.6. The van der Waals surface area contributed by atoms with E-state index in [0.29, 0.717) is 0 Å². The van der Waals surface area contributed by atoms with E-state index in [1.165, 1.54) is 0 Å². The molecule has 0 spiro atoms. The van der Waals surface area contributed by atoms with Crippen LogP contribution < -0.4 is 0 Å². The van der Waals surface area contributed by atoms with Crippen LogP contribution in [-0.2, 0) is 25.8 Å². The fourth-order valence-corrected chi connectivity index (χ4v) is 3.24. The van der Waals surface area contributed by atoms with Crippen molar-refractivity contribution in [2.24, 2.45) is 0 Å². The van der Waals surface area contributed by atoms with Gasteiger partial charge in [-0.3, -0.25) is 0 Å². The van der Waals surface area contributed by atoms with E-state index in [1.54, 1.807) is 0 Å². The highest BCUT2D eigenvalue weighted by Gasteiger charge is 2.54. The molecule has 0 heterocycles. The lowest BCUT2D eigenvalue weighted by atomic mass is 10.1. The van der Waals surface area contributed by atoms with Gasteiger partial charge in [-0.2, -0.15) is 26.3 Å². The molecule has 1 rings (SSSR count). The topological polar surface area (TPSA) is 71.4 Å². The predicted molar refractivity (Wildman–Crippen MR) is 66.3 cm³/mol. The first kappa shape index (κ1) is 20.2. The van der Waals surface area contributed by atoms with Crippen molar-refractivity contribution in [3.63, 3.8) is 0 Å². The molecule has 136 valence electrons. The first-order valence-corrected chi connectivity index (χ1v) is 7.65. The lowest BCUT2D eigenvalue weighted by Crippen LogP contribution is -2.41. The van der Waals surface area contributed by atoms with Crippen molar-refractivity contribution in [3.05, 3.63) is 35.4 Å². The molecule has 1 N–H and O–H groups in total. The largest absolute Gasteiger partial charge is 0.478 e. The molecule has 0 aliphatic heterocycles. The Morgan fingerprint density at radius 2 is 1.33 bits per heavy atom. The molecule has 0 amide bonds. The van der Waals surface area contributed by atoms with Crippen LogP contribution in [0.1, 0.15) is 17.5 Å². The lowest BCUT2D eigenvalue weighted by Gasteiger charge is -2.22. The number of halogens is 7. The Labute approximate surface area is 130 Å². The average Bonchev–Trinajstić information content (AvgIpc) is 2.42. The molecule has 0 radical (unpaired) electrons. The van der Waals surface area contributed by atoms with Crippen molar-refractivity contribution in [1.82, 2.24) is 0 Å². The fraction of sp³-hybridized carbons (Fsp3) is 0.417. The summed E-state index contributed by atoms with van der Waals surface area (Å²) in [7, 11) is -5.52. The molecule has 0 aliphatic carbocycles. The van der Waals surface area contributed by atoms with E-state index in [4.69, 9.17) is 5.11 Å². The maximum atomic E-state index is 14.6. The molecule has 0 saturated carbocycles.